The van der Waals surface area contributed by atoms with E-state index in [2.05, 4.69) is 53.9 Å². The lowest BCUT2D eigenvalue weighted by atomic mass is 9.89. The Morgan fingerprint density at radius 2 is 1.05 bits per heavy atom. The van der Waals surface area contributed by atoms with Crippen molar-refractivity contribution < 1.29 is 19.2 Å². The van der Waals surface area contributed by atoms with Crippen molar-refractivity contribution in [3.8, 4) is 11.1 Å². The van der Waals surface area contributed by atoms with Crippen LogP contribution < -0.4 is 43.4 Å². The van der Waals surface area contributed by atoms with Gasteiger partial charge < -0.3 is 53.2 Å². The molecule has 398 valence electrons. The van der Waals surface area contributed by atoms with E-state index in [0.29, 0.717) is 75.1 Å². The Bertz CT molecular complexity index is 2440. The zero-order valence-corrected chi connectivity index (χ0v) is 43.2. The van der Waals surface area contributed by atoms with Crippen LogP contribution in [0, 0.1) is 22.7 Å². The van der Waals surface area contributed by atoms with Crippen molar-refractivity contribution in [2.24, 2.45) is 23.3 Å². The maximum Gasteiger partial charge on any atom is 0.252 e. The van der Waals surface area contributed by atoms with Crippen LogP contribution in [0.25, 0.3) is 22.0 Å². The van der Waals surface area contributed by atoms with Crippen LogP contribution in [0.3, 0.4) is 0 Å². The van der Waals surface area contributed by atoms with Crippen LogP contribution >= 0.6 is 0 Å². The number of amides is 4. The fourth-order valence-corrected chi connectivity index (χ4v) is 11.0. The number of carbonyl (C=O) groups excluding carboxylic acids is 4. The number of carbonyl (C=O) groups is 4. The minimum Gasteiger partial charge on any atom is -0.370 e. The highest BCUT2D eigenvalue weighted by molar-refractivity contribution is 5.97. The number of nitrogens with zero attached hydrogens (tertiary/aromatic N) is 3. The number of aromatic nitrogens is 1. The van der Waals surface area contributed by atoms with E-state index in [1.165, 1.54) is 64.2 Å². The van der Waals surface area contributed by atoms with E-state index in [1.54, 1.807) is 6.20 Å². The second-order valence-electron chi connectivity index (χ2n) is 20.7. The lowest BCUT2D eigenvalue weighted by Crippen LogP contribution is -2.49. The summed E-state index contributed by atoms with van der Waals surface area (Å²) in [6, 6.07) is 26.8. The monoisotopic (exact) mass is 1010 g/mol. The zero-order valence-electron chi connectivity index (χ0n) is 43.2. The van der Waals surface area contributed by atoms with E-state index >= 15 is 0 Å². The van der Waals surface area contributed by atoms with Crippen LogP contribution in [0.5, 0.6) is 0 Å². The molecule has 4 aliphatic rings. The summed E-state index contributed by atoms with van der Waals surface area (Å²) in [5.74, 6) is 1.09. The summed E-state index contributed by atoms with van der Waals surface area (Å²) in [5.41, 5.74) is 15.0. The molecule has 3 aromatic carbocycles. The van der Waals surface area contributed by atoms with Crippen LogP contribution in [-0.2, 0) is 9.59 Å². The van der Waals surface area contributed by atoms with E-state index in [1.807, 2.05) is 77.7 Å². The van der Waals surface area contributed by atoms with E-state index < -0.39 is 0 Å². The number of nitrogens with two attached hydrogens (primary N) is 2. The van der Waals surface area contributed by atoms with Gasteiger partial charge in [0.05, 0.1) is 23.2 Å². The molecule has 17 nitrogen and oxygen atoms in total. The molecule has 0 spiro atoms. The highest BCUT2D eigenvalue weighted by atomic mass is 16.2. The first kappa shape index (κ1) is 55.2. The quantitative estimate of drug-likeness (QED) is 0.0303. The van der Waals surface area contributed by atoms with Crippen molar-refractivity contribution in [3.05, 3.63) is 102 Å². The molecule has 4 fully saturated rings. The maximum atomic E-state index is 13.5. The van der Waals surface area contributed by atoms with Gasteiger partial charge in [-0.25, -0.2) is 0 Å². The number of fused-ring (bicyclic) bond motifs is 1. The predicted molar refractivity (Wildman–Crippen MR) is 294 cm³/mol. The Morgan fingerprint density at radius 3 is 1.57 bits per heavy atom. The summed E-state index contributed by atoms with van der Waals surface area (Å²) in [5, 5.41) is 34.5. The first-order chi connectivity index (χ1) is 36.0. The number of para-hydroxylation sites is 1. The minimum atomic E-state index is -0.311. The van der Waals surface area contributed by atoms with Crippen molar-refractivity contribution in [1.29, 1.82) is 10.8 Å². The first-order valence-electron chi connectivity index (χ1n) is 27.3. The summed E-state index contributed by atoms with van der Waals surface area (Å²) in [6.45, 7) is 5.08. The maximum absolute atomic E-state index is 13.5. The molecule has 4 aromatic rings. The summed E-state index contributed by atoms with van der Waals surface area (Å²) in [4.78, 5) is 61.2. The number of hydrogen-bond acceptors (Lipinski definition) is 9. The fraction of sp³-hybridized carbons (Fsp3) is 0.526. The average molecular weight is 1010 g/mol. The lowest BCUT2D eigenvalue weighted by molar-refractivity contribution is -0.134. The van der Waals surface area contributed by atoms with Gasteiger partial charge in [0.2, 0.25) is 11.8 Å². The molecule has 4 amide bonds. The topological polar surface area (TPSA) is 260 Å². The number of guanidine groups is 2. The molecule has 12 N–H and O–H groups in total. The number of benzene rings is 3. The highest BCUT2D eigenvalue weighted by Crippen LogP contribution is 2.27. The molecule has 2 saturated heterocycles. The van der Waals surface area contributed by atoms with Gasteiger partial charge in [-0.05, 0) is 111 Å². The van der Waals surface area contributed by atoms with E-state index in [4.69, 9.17) is 22.3 Å². The Kier molecular flexibility index (Phi) is 21.4. The minimum absolute atomic E-state index is 0.00608. The van der Waals surface area contributed by atoms with Gasteiger partial charge in [-0.2, -0.15) is 0 Å². The van der Waals surface area contributed by atoms with Crippen LogP contribution in [-0.4, -0.2) is 127 Å². The van der Waals surface area contributed by atoms with Crippen molar-refractivity contribution in [2.45, 2.75) is 127 Å². The van der Waals surface area contributed by atoms with Gasteiger partial charge >= 0.3 is 0 Å². The van der Waals surface area contributed by atoms with Gasteiger partial charge in [0.25, 0.3) is 11.8 Å². The third-order valence-corrected chi connectivity index (χ3v) is 15.1. The van der Waals surface area contributed by atoms with Crippen LogP contribution in [0.1, 0.15) is 123 Å². The van der Waals surface area contributed by atoms with Crippen molar-refractivity contribution in [1.82, 2.24) is 46.7 Å². The molecule has 2 aliphatic carbocycles. The number of nitrogens with one attached hydrogen (secondary N) is 8. The molecule has 74 heavy (non-hydrogen) atoms. The van der Waals surface area contributed by atoms with E-state index in [9.17, 15) is 19.2 Å². The summed E-state index contributed by atoms with van der Waals surface area (Å²) < 4.78 is 0. The molecule has 0 bridgehead atoms. The molecule has 0 radical (unpaired) electrons. The molecule has 2 saturated carbocycles. The fourth-order valence-electron chi connectivity index (χ4n) is 11.0. The standard InChI is InChI=1S/C30H42N6O2.C27H39N7O2/c31-30(32)33-18-7-12-27-29(38)36(21-22-8-3-1-4-9-22)19-17-26(35-27)20-34-28(37)25-15-13-24(14-16-25)23-10-5-2-6-11-23;28-27(29)30-13-6-11-24-26(36)34(18-19-7-2-1-3-8-19)14-12-22(33-24)17-32-25(35)21-15-20-9-4-5-10-23(20)31-16-21/h2,5-6,10-11,13-16,22,26-27,35H,1,3-4,7-9,12,17-21H2,(H,34,37)(H4,31,32,33);4-5,9-10,15-16,19,22,24,33H,1-3,6-8,11-14,17-18H2,(H,32,35)(H4,28,29,30)/t26-,27-;22-,24-/m00/s1. The average Bonchev–Trinajstić information content (AvgIpc) is 3.67. The van der Waals surface area contributed by atoms with Gasteiger partial charge in [0.1, 0.15) is 0 Å². The Labute approximate surface area is 437 Å². The molecule has 2 aliphatic heterocycles. The van der Waals surface area contributed by atoms with Gasteiger partial charge in [-0.15, -0.1) is 0 Å². The summed E-state index contributed by atoms with van der Waals surface area (Å²) >= 11 is 0. The van der Waals surface area contributed by atoms with E-state index in [-0.39, 0.29) is 59.7 Å². The molecule has 0 unspecified atom stereocenters. The van der Waals surface area contributed by atoms with Gasteiger partial charge in [0, 0.05) is 81.6 Å². The third-order valence-electron chi connectivity index (χ3n) is 15.1. The van der Waals surface area contributed by atoms with Gasteiger partial charge in [0.15, 0.2) is 11.9 Å². The molecular formula is C57H81N13O4. The Balaban J connectivity index is 0.000000217. The Hall–Kier alpha value is -6.59. The van der Waals surface area contributed by atoms with Crippen molar-refractivity contribution in [2.75, 3.05) is 52.4 Å². The molecule has 17 heteroatoms. The van der Waals surface area contributed by atoms with Crippen LogP contribution in [0.4, 0.5) is 0 Å². The molecule has 8 rings (SSSR count). The first-order valence-corrected chi connectivity index (χ1v) is 27.3. The highest BCUT2D eigenvalue weighted by Gasteiger charge is 2.34. The van der Waals surface area contributed by atoms with Crippen LogP contribution in [0.2, 0.25) is 0 Å². The van der Waals surface area contributed by atoms with Crippen LogP contribution in [0.15, 0.2) is 91.1 Å². The van der Waals surface area contributed by atoms with Gasteiger partial charge in [-0.1, -0.05) is 99.2 Å². The smallest absolute Gasteiger partial charge is 0.252 e. The zero-order chi connectivity index (χ0) is 52.1. The number of pyridine rings is 1. The number of hydrogen-bond donors (Lipinski definition) is 10. The summed E-state index contributed by atoms with van der Waals surface area (Å²) in [6.07, 6.45) is 18.4. The van der Waals surface area contributed by atoms with Crippen molar-refractivity contribution >= 4 is 46.5 Å². The number of rotatable bonds is 19. The predicted octanol–water partition coefficient (Wildman–Crippen LogP) is 5.85. The molecular weight excluding hydrogens is 931 g/mol. The lowest BCUT2D eigenvalue weighted by Gasteiger charge is -2.30. The Morgan fingerprint density at radius 1 is 0.581 bits per heavy atom. The molecule has 4 atom stereocenters. The van der Waals surface area contributed by atoms with E-state index in [0.717, 1.165) is 60.8 Å². The third kappa shape index (κ3) is 17.3. The second kappa shape index (κ2) is 28.8. The molecule has 1 aromatic heterocycles. The van der Waals surface area contributed by atoms with Gasteiger partial charge in [-0.3, -0.25) is 35.0 Å². The second-order valence-corrected chi connectivity index (χ2v) is 20.7. The SMILES string of the molecule is N=C(N)NCCC[C@@H]1N[C@H](CNC(=O)c2ccc(-c3ccccc3)cc2)CCN(CC2CCCCC2)C1=O.N=C(N)NCCC[C@@H]1N[C@H](CNC(=O)c2cnc3ccccc3c2)CCN(CC2CCCCC2)C1=O. The normalized spacial score (nSPS) is 20.9. The van der Waals surface area contributed by atoms with Crippen molar-refractivity contribution in [3.63, 3.8) is 0 Å². The molecule has 3 heterocycles. The summed E-state index contributed by atoms with van der Waals surface area (Å²) in [7, 11) is 0. The largest absolute Gasteiger partial charge is 0.370 e.